The number of aliphatic imine (C=N–C) groups is 1. The highest BCUT2D eigenvalue weighted by Crippen LogP contribution is 2.28. The SMILES string of the molecule is Cc1cc(NC(=O)NC2=CNC(C)C=N2)c(OC[C@@H]2CNCCO2)cc1C. The highest BCUT2D eigenvalue weighted by Gasteiger charge is 2.17. The second-order valence-electron chi connectivity index (χ2n) is 6.78. The lowest BCUT2D eigenvalue weighted by atomic mass is 10.1. The molecule has 2 aliphatic heterocycles. The average molecular weight is 373 g/mol. The van der Waals surface area contributed by atoms with Crippen LogP contribution in [0, 0.1) is 13.8 Å². The Labute approximate surface area is 159 Å². The van der Waals surface area contributed by atoms with Gasteiger partial charge in [0.1, 0.15) is 24.3 Å². The summed E-state index contributed by atoms with van der Waals surface area (Å²) in [5, 5.41) is 11.9. The average Bonchev–Trinajstić information content (AvgIpc) is 2.66. The minimum Gasteiger partial charge on any atom is -0.489 e. The molecule has 8 nitrogen and oxygen atoms in total. The van der Waals surface area contributed by atoms with Crippen molar-refractivity contribution in [3.8, 4) is 5.75 Å². The Morgan fingerprint density at radius 1 is 1.33 bits per heavy atom. The number of rotatable bonds is 5. The van der Waals surface area contributed by atoms with E-state index >= 15 is 0 Å². The highest BCUT2D eigenvalue weighted by molar-refractivity contribution is 5.92. The van der Waals surface area contributed by atoms with Crippen molar-refractivity contribution in [2.24, 2.45) is 4.99 Å². The Balaban J connectivity index is 1.65. The summed E-state index contributed by atoms with van der Waals surface area (Å²) in [7, 11) is 0. The molecule has 0 aliphatic carbocycles. The third kappa shape index (κ3) is 5.45. The van der Waals surface area contributed by atoms with Crippen LogP contribution in [-0.2, 0) is 4.74 Å². The second-order valence-corrected chi connectivity index (χ2v) is 6.78. The monoisotopic (exact) mass is 373 g/mol. The van der Waals surface area contributed by atoms with Crippen molar-refractivity contribution >= 4 is 17.9 Å². The number of nitrogens with zero attached hydrogens (tertiary/aromatic N) is 1. The number of nitrogens with one attached hydrogen (secondary N) is 4. The molecule has 1 aromatic carbocycles. The lowest BCUT2D eigenvalue weighted by Gasteiger charge is -2.24. The molecule has 1 unspecified atom stereocenters. The number of morpholine rings is 1. The zero-order chi connectivity index (χ0) is 19.2. The molecule has 0 bridgehead atoms. The molecule has 8 heteroatoms. The molecule has 2 heterocycles. The van der Waals surface area contributed by atoms with Crippen LogP contribution >= 0.6 is 0 Å². The fourth-order valence-corrected chi connectivity index (χ4v) is 2.74. The number of hydrogen-bond donors (Lipinski definition) is 4. The predicted molar refractivity (Wildman–Crippen MR) is 105 cm³/mol. The number of benzene rings is 1. The third-order valence-corrected chi connectivity index (χ3v) is 4.44. The second kappa shape index (κ2) is 8.88. The van der Waals surface area contributed by atoms with Gasteiger partial charge in [-0.3, -0.25) is 5.32 Å². The van der Waals surface area contributed by atoms with Crippen molar-refractivity contribution in [3.63, 3.8) is 0 Å². The van der Waals surface area contributed by atoms with Gasteiger partial charge in [-0.25, -0.2) is 9.79 Å². The van der Waals surface area contributed by atoms with E-state index in [0.29, 0.717) is 30.5 Å². The summed E-state index contributed by atoms with van der Waals surface area (Å²) in [5.41, 5.74) is 2.77. The molecule has 0 radical (unpaired) electrons. The maximum absolute atomic E-state index is 12.4. The molecule has 1 aromatic rings. The summed E-state index contributed by atoms with van der Waals surface area (Å²) in [5.74, 6) is 1.08. The molecular formula is C19H27N5O3. The Hall–Kier alpha value is -2.58. The van der Waals surface area contributed by atoms with Crippen molar-refractivity contribution < 1.29 is 14.3 Å². The van der Waals surface area contributed by atoms with E-state index in [1.165, 1.54) is 0 Å². The first-order chi connectivity index (χ1) is 13.0. The number of ether oxygens (including phenoxy) is 2. The van der Waals surface area contributed by atoms with Gasteiger partial charge >= 0.3 is 6.03 Å². The Kier molecular flexibility index (Phi) is 6.31. The summed E-state index contributed by atoms with van der Waals surface area (Å²) < 4.78 is 11.6. The lowest BCUT2D eigenvalue weighted by molar-refractivity contribution is 0.000338. The molecule has 0 saturated carbocycles. The molecular weight excluding hydrogens is 346 g/mol. The van der Waals surface area contributed by atoms with E-state index in [9.17, 15) is 4.79 Å². The molecule has 146 valence electrons. The van der Waals surface area contributed by atoms with Gasteiger partial charge in [-0.15, -0.1) is 0 Å². The summed E-state index contributed by atoms with van der Waals surface area (Å²) in [6.07, 6.45) is 3.41. The van der Waals surface area contributed by atoms with Crippen molar-refractivity contribution in [1.29, 1.82) is 0 Å². The molecule has 2 atom stereocenters. The standard InChI is InChI=1S/C19H27N5O3/c1-12-6-16(23-19(25)24-18-10-21-14(3)8-22-18)17(7-13(12)2)27-11-15-9-20-4-5-26-15/h6-8,10,14-15,20-21H,4-5,9,11H2,1-3H3,(H2,23,24,25)/t14?,15-/m0/s1. The molecule has 1 saturated heterocycles. The fourth-order valence-electron chi connectivity index (χ4n) is 2.74. The molecule has 3 rings (SSSR count). The Bertz CT molecular complexity index is 741. The van der Waals surface area contributed by atoms with Crippen molar-refractivity contribution in [3.05, 3.63) is 35.3 Å². The molecule has 1 fully saturated rings. The van der Waals surface area contributed by atoms with Gasteiger partial charge in [0.2, 0.25) is 0 Å². The first kappa shape index (κ1) is 19.2. The molecule has 27 heavy (non-hydrogen) atoms. The summed E-state index contributed by atoms with van der Waals surface area (Å²) in [6.45, 7) is 8.69. The number of hydrogen-bond acceptors (Lipinski definition) is 6. The van der Waals surface area contributed by atoms with Crippen LogP contribution < -0.4 is 26.0 Å². The van der Waals surface area contributed by atoms with Gasteiger partial charge in [0, 0.05) is 25.5 Å². The fraction of sp³-hybridized carbons (Fsp3) is 0.474. The van der Waals surface area contributed by atoms with E-state index in [-0.39, 0.29) is 18.2 Å². The smallest absolute Gasteiger partial charge is 0.324 e. The quantitative estimate of drug-likeness (QED) is 0.629. The van der Waals surface area contributed by atoms with Crippen LogP contribution in [0.4, 0.5) is 10.5 Å². The first-order valence-electron chi connectivity index (χ1n) is 9.16. The van der Waals surface area contributed by atoms with Crippen LogP contribution in [-0.4, -0.2) is 50.7 Å². The van der Waals surface area contributed by atoms with Gasteiger partial charge in [-0.2, -0.15) is 0 Å². The van der Waals surface area contributed by atoms with Crippen LogP contribution in [0.1, 0.15) is 18.1 Å². The van der Waals surface area contributed by atoms with Gasteiger partial charge in [0.25, 0.3) is 0 Å². The van der Waals surface area contributed by atoms with Crippen molar-refractivity contribution in [1.82, 2.24) is 16.0 Å². The van der Waals surface area contributed by atoms with E-state index in [2.05, 4.69) is 26.3 Å². The zero-order valence-electron chi connectivity index (χ0n) is 16.0. The van der Waals surface area contributed by atoms with E-state index in [0.717, 1.165) is 24.2 Å². The normalized spacial score (nSPS) is 21.8. The molecule has 2 amide bonds. The summed E-state index contributed by atoms with van der Waals surface area (Å²) in [6, 6.07) is 3.61. The minimum absolute atomic E-state index is 0.00293. The van der Waals surface area contributed by atoms with Crippen molar-refractivity contribution in [2.75, 3.05) is 31.6 Å². The van der Waals surface area contributed by atoms with Crippen LogP contribution in [0.3, 0.4) is 0 Å². The number of amides is 2. The number of carbonyl (C=O) groups excluding carboxylic acids is 1. The third-order valence-electron chi connectivity index (χ3n) is 4.44. The number of anilines is 1. The highest BCUT2D eigenvalue weighted by atomic mass is 16.5. The summed E-state index contributed by atoms with van der Waals surface area (Å²) in [4.78, 5) is 16.6. The van der Waals surface area contributed by atoms with Crippen LogP contribution in [0.25, 0.3) is 0 Å². The summed E-state index contributed by atoms with van der Waals surface area (Å²) >= 11 is 0. The van der Waals surface area contributed by atoms with E-state index in [1.54, 1.807) is 12.4 Å². The van der Waals surface area contributed by atoms with Crippen LogP contribution in [0.5, 0.6) is 5.75 Å². The maximum atomic E-state index is 12.4. The zero-order valence-corrected chi connectivity index (χ0v) is 16.0. The van der Waals surface area contributed by atoms with E-state index < -0.39 is 0 Å². The minimum atomic E-state index is -0.376. The van der Waals surface area contributed by atoms with Gasteiger partial charge in [-0.05, 0) is 44.0 Å². The van der Waals surface area contributed by atoms with Gasteiger partial charge in [-0.1, -0.05) is 0 Å². The van der Waals surface area contributed by atoms with Gasteiger partial charge in [0.05, 0.1) is 18.3 Å². The van der Waals surface area contributed by atoms with Crippen molar-refractivity contribution in [2.45, 2.75) is 32.9 Å². The van der Waals surface area contributed by atoms with E-state index in [1.807, 2.05) is 32.9 Å². The van der Waals surface area contributed by atoms with Crippen LogP contribution in [0.2, 0.25) is 0 Å². The number of urea groups is 1. The first-order valence-corrected chi connectivity index (χ1v) is 9.16. The Morgan fingerprint density at radius 3 is 2.85 bits per heavy atom. The molecule has 2 aliphatic rings. The van der Waals surface area contributed by atoms with Gasteiger partial charge in [0.15, 0.2) is 0 Å². The topological polar surface area (TPSA) is 96.0 Å². The molecule has 0 spiro atoms. The van der Waals surface area contributed by atoms with Gasteiger partial charge < -0.3 is 25.4 Å². The molecule has 4 N–H and O–H groups in total. The number of aryl methyl sites for hydroxylation is 2. The maximum Gasteiger partial charge on any atom is 0.324 e. The van der Waals surface area contributed by atoms with Crippen LogP contribution in [0.15, 0.2) is 29.1 Å². The number of carbonyl (C=O) groups is 1. The predicted octanol–water partition coefficient (Wildman–Crippen LogP) is 1.65. The molecule has 0 aromatic heterocycles. The Morgan fingerprint density at radius 2 is 2.15 bits per heavy atom. The lowest BCUT2D eigenvalue weighted by Crippen LogP contribution is -2.41. The largest absolute Gasteiger partial charge is 0.489 e. The van der Waals surface area contributed by atoms with E-state index in [4.69, 9.17) is 9.47 Å².